The van der Waals surface area contributed by atoms with Gasteiger partial charge < -0.3 is 14.2 Å². The second kappa shape index (κ2) is 9.47. The minimum absolute atomic E-state index is 0.250. The smallest absolute Gasteiger partial charge is 0.338 e. The fraction of sp³-hybridized carbons (Fsp3) is 0.300. The van der Waals surface area contributed by atoms with Gasteiger partial charge in [0.1, 0.15) is 0 Å². The van der Waals surface area contributed by atoms with Crippen molar-refractivity contribution in [3.8, 4) is 11.5 Å². The molecule has 0 aromatic heterocycles. The molecule has 0 saturated carbocycles. The first-order valence-corrected chi connectivity index (χ1v) is 8.22. The summed E-state index contributed by atoms with van der Waals surface area (Å²) in [6.07, 6.45) is 1.97. The molecule has 0 amide bonds. The number of ketones is 1. The molecule has 0 aliphatic heterocycles. The Hall–Kier alpha value is -2.82. The maximum atomic E-state index is 12.1. The molecule has 0 heterocycles. The van der Waals surface area contributed by atoms with Crippen LogP contribution in [0.5, 0.6) is 11.5 Å². The molecule has 2 aromatic rings. The van der Waals surface area contributed by atoms with Crippen molar-refractivity contribution in [3.05, 3.63) is 59.7 Å². The van der Waals surface area contributed by atoms with Gasteiger partial charge in [0.25, 0.3) is 0 Å². The molecule has 0 bridgehead atoms. The Bertz CT molecular complexity index is 709. The van der Waals surface area contributed by atoms with Gasteiger partial charge in [0.15, 0.2) is 23.9 Å². The maximum absolute atomic E-state index is 12.1. The molecule has 2 aromatic carbocycles. The van der Waals surface area contributed by atoms with Gasteiger partial charge in [0.2, 0.25) is 0 Å². The van der Waals surface area contributed by atoms with E-state index in [1.54, 1.807) is 42.5 Å². The third-order valence-corrected chi connectivity index (χ3v) is 3.58. The van der Waals surface area contributed by atoms with Gasteiger partial charge in [-0.25, -0.2) is 4.79 Å². The summed E-state index contributed by atoms with van der Waals surface area (Å²) in [5, 5.41) is 0. The number of benzene rings is 2. The molecular formula is C20H22O5. The van der Waals surface area contributed by atoms with E-state index in [9.17, 15) is 9.59 Å². The molecule has 5 nitrogen and oxygen atoms in total. The Morgan fingerprint density at radius 1 is 0.960 bits per heavy atom. The molecule has 0 radical (unpaired) electrons. The van der Waals surface area contributed by atoms with E-state index in [1.807, 2.05) is 6.07 Å². The van der Waals surface area contributed by atoms with E-state index < -0.39 is 5.97 Å². The molecule has 0 atom stereocenters. The van der Waals surface area contributed by atoms with Gasteiger partial charge in [0.05, 0.1) is 19.3 Å². The van der Waals surface area contributed by atoms with Crippen molar-refractivity contribution in [2.45, 2.75) is 19.8 Å². The number of Topliss-reactive ketones (excluding diaryl/α,β-unsaturated/α-hetero) is 1. The minimum Gasteiger partial charge on any atom is -0.493 e. The summed E-state index contributed by atoms with van der Waals surface area (Å²) >= 11 is 0. The summed E-state index contributed by atoms with van der Waals surface area (Å²) in [6, 6.07) is 13.5. The van der Waals surface area contributed by atoms with Crippen LogP contribution < -0.4 is 9.47 Å². The Labute approximate surface area is 147 Å². The zero-order valence-electron chi connectivity index (χ0n) is 14.5. The lowest BCUT2D eigenvalue weighted by molar-refractivity contribution is 0.0474. The molecule has 0 unspecified atom stereocenters. The Kier molecular flexibility index (Phi) is 7.01. The summed E-state index contributed by atoms with van der Waals surface area (Å²) in [7, 11) is 1.51. The van der Waals surface area contributed by atoms with Crippen LogP contribution in [0.3, 0.4) is 0 Å². The first-order valence-electron chi connectivity index (χ1n) is 8.22. The van der Waals surface area contributed by atoms with Crippen molar-refractivity contribution in [1.82, 2.24) is 0 Å². The Balaban J connectivity index is 1.98. The number of esters is 1. The summed E-state index contributed by atoms with van der Waals surface area (Å²) < 4.78 is 16.0. The fourth-order valence-corrected chi connectivity index (χ4v) is 2.16. The average molecular weight is 342 g/mol. The molecule has 0 aliphatic rings. The van der Waals surface area contributed by atoms with Crippen molar-refractivity contribution in [1.29, 1.82) is 0 Å². The van der Waals surface area contributed by atoms with Gasteiger partial charge in [-0.3, -0.25) is 4.79 Å². The van der Waals surface area contributed by atoms with Crippen LogP contribution in [0.25, 0.3) is 0 Å². The number of rotatable bonds is 9. The van der Waals surface area contributed by atoms with Crippen LogP contribution in [-0.4, -0.2) is 32.1 Å². The van der Waals surface area contributed by atoms with Gasteiger partial charge in [0, 0.05) is 5.56 Å². The lowest BCUT2D eigenvalue weighted by atomic mass is 10.1. The van der Waals surface area contributed by atoms with E-state index >= 15 is 0 Å². The summed E-state index contributed by atoms with van der Waals surface area (Å²) in [6.45, 7) is 2.36. The largest absolute Gasteiger partial charge is 0.493 e. The highest BCUT2D eigenvalue weighted by Gasteiger charge is 2.14. The van der Waals surface area contributed by atoms with Crippen molar-refractivity contribution >= 4 is 11.8 Å². The van der Waals surface area contributed by atoms with Crippen LogP contribution in [0.15, 0.2) is 48.5 Å². The van der Waals surface area contributed by atoms with Crippen molar-refractivity contribution in [3.63, 3.8) is 0 Å². The monoisotopic (exact) mass is 342 g/mol. The van der Waals surface area contributed by atoms with Crippen molar-refractivity contribution in [2.75, 3.05) is 20.3 Å². The van der Waals surface area contributed by atoms with Gasteiger partial charge in [-0.2, -0.15) is 0 Å². The number of carbonyl (C=O) groups is 2. The summed E-state index contributed by atoms with van der Waals surface area (Å²) in [5.41, 5.74) is 0.813. The molecule has 132 valence electrons. The lowest BCUT2D eigenvalue weighted by Crippen LogP contribution is -2.14. The van der Waals surface area contributed by atoms with E-state index in [0.717, 1.165) is 12.8 Å². The third-order valence-electron chi connectivity index (χ3n) is 3.58. The van der Waals surface area contributed by atoms with E-state index in [4.69, 9.17) is 14.2 Å². The van der Waals surface area contributed by atoms with E-state index in [2.05, 4.69) is 6.92 Å². The second-order valence-electron chi connectivity index (χ2n) is 5.43. The fourth-order valence-electron chi connectivity index (χ4n) is 2.16. The standard InChI is InChI=1S/C20H22O5/c1-3-4-12-24-18-11-10-16(13-19(18)23-2)20(22)25-14-17(21)15-8-6-5-7-9-15/h5-11,13H,3-4,12,14H2,1-2H3. The molecule has 0 aliphatic carbocycles. The quantitative estimate of drug-likeness (QED) is 0.393. The number of ether oxygens (including phenoxy) is 3. The Morgan fingerprint density at radius 2 is 1.72 bits per heavy atom. The van der Waals surface area contributed by atoms with Crippen LogP contribution in [-0.2, 0) is 4.74 Å². The van der Waals surface area contributed by atoms with Gasteiger partial charge in [-0.15, -0.1) is 0 Å². The molecule has 25 heavy (non-hydrogen) atoms. The summed E-state index contributed by atoms with van der Waals surface area (Å²) in [4.78, 5) is 24.1. The average Bonchev–Trinajstić information content (AvgIpc) is 2.66. The van der Waals surface area contributed by atoms with Gasteiger partial charge >= 0.3 is 5.97 Å². The van der Waals surface area contributed by atoms with Gasteiger partial charge in [-0.05, 0) is 24.6 Å². The number of hydrogen-bond donors (Lipinski definition) is 0. The number of methoxy groups -OCH3 is 1. The van der Waals surface area contributed by atoms with Crippen LogP contribution >= 0.6 is 0 Å². The third kappa shape index (κ3) is 5.35. The van der Waals surface area contributed by atoms with E-state index in [1.165, 1.54) is 7.11 Å². The molecule has 0 N–H and O–H groups in total. The second-order valence-corrected chi connectivity index (χ2v) is 5.43. The van der Waals surface area contributed by atoms with Crippen molar-refractivity contribution in [2.24, 2.45) is 0 Å². The maximum Gasteiger partial charge on any atom is 0.338 e. The first kappa shape index (κ1) is 18.5. The van der Waals surface area contributed by atoms with Crippen LogP contribution in [0.1, 0.15) is 40.5 Å². The Morgan fingerprint density at radius 3 is 2.40 bits per heavy atom. The van der Waals surface area contributed by atoms with Crippen molar-refractivity contribution < 1.29 is 23.8 Å². The molecule has 0 fully saturated rings. The molecule has 2 rings (SSSR count). The zero-order chi connectivity index (χ0) is 18.1. The highest BCUT2D eigenvalue weighted by Crippen LogP contribution is 2.28. The van der Waals surface area contributed by atoms with Crippen LogP contribution in [0.2, 0.25) is 0 Å². The molecule has 5 heteroatoms. The summed E-state index contributed by atoms with van der Waals surface area (Å²) in [5.74, 6) is 0.205. The molecule has 0 saturated heterocycles. The SMILES string of the molecule is CCCCOc1ccc(C(=O)OCC(=O)c2ccccc2)cc1OC. The first-order chi connectivity index (χ1) is 12.2. The molecule has 0 spiro atoms. The predicted octanol–water partition coefficient (Wildman–Crippen LogP) is 3.91. The van der Waals surface area contributed by atoms with E-state index in [0.29, 0.717) is 29.2 Å². The highest BCUT2D eigenvalue weighted by molar-refractivity contribution is 5.99. The normalized spacial score (nSPS) is 10.2. The highest BCUT2D eigenvalue weighted by atomic mass is 16.5. The number of unbranched alkanes of at least 4 members (excludes halogenated alkanes) is 1. The number of hydrogen-bond acceptors (Lipinski definition) is 5. The van der Waals surface area contributed by atoms with Crippen LogP contribution in [0, 0.1) is 0 Å². The molecular weight excluding hydrogens is 320 g/mol. The minimum atomic E-state index is -0.581. The van der Waals surface area contributed by atoms with E-state index in [-0.39, 0.29) is 12.4 Å². The lowest BCUT2D eigenvalue weighted by Gasteiger charge is -2.11. The van der Waals surface area contributed by atoms with Gasteiger partial charge in [-0.1, -0.05) is 43.7 Å². The number of carbonyl (C=O) groups excluding carboxylic acids is 2. The topological polar surface area (TPSA) is 61.8 Å². The predicted molar refractivity (Wildman–Crippen MR) is 94.5 cm³/mol. The van der Waals surface area contributed by atoms with Crippen LogP contribution in [0.4, 0.5) is 0 Å². The zero-order valence-corrected chi connectivity index (χ0v) is 14.5.